The first-order valence-electron chi connectivity index (χ1n) is 8.24. The molecule has 0 aliphatic heterocycles. The van der Waals surface area contributed by atoms with Crippen LogP contribution in [-0.2, 0) is 23.6 Å². The second-order valence-electron chi connectivity index (χ2n) is 6.15. The minimum absolute atomic E-state index is 0.00221. The number of sulfonamides is 1. The highest BCUT2D eigenvalue weighted by atomic mass is 35.5. The summed E-state index contributed by atoms with van der Waals surface area (Å²) in [4.78, 5) is 4.08. The van der Waals surface area contributed by atoms with Gasteiger partial charge in [-0.15, -0.1) is 0 Å². The molecule has 142 valence electrons. The van der Waals surface area contributed by atoms with Crippen molar-refractivity contribution in [1.29, 1.82) is 0 Å². The summed E-state index contributed by atoms with van der Waals surface area (Å²) in [5.74, 6) is 1.02. The molecule has 0 atom stereocenters. The summed E-state index contributed by atoms with van der Waals surface area (Å²) in [6.07, 6.45) is 3.43. The van der Waals surface area contributed by atoms with Crippen LogP contribution < -0.4 is 15.4 Å². The first-order chi connectivity index (χ1) is 11.8. The van der Waals surface area contributed by atoms with Gasteiger partial charge in [0.1, 0.15) is 5.15 Å². The fourth-order valence-electron chi connectivity index (χ4n) is 2.47. The molecule has 1 fully saturated rings. The second-order valence-corrected chi connectivity index (χ2v) is 8.84. The zero-order valence-electron chi connectivity index (χ0n) is 14.5. The van der Waals surface area contributed by atoms with Gasteiger partial charge in [0.15, 0.2) is 5.96 Å². The summed E-state index contributed by atoms with van der Waals surface area (Å²) in [5, 5.41) is 7.07. The molecule has 10 heteroatoms. The molecule has 1 aromatic rings. The van der Waals surface area contributed by atoms with Crippen molar-refractivity contribution in [3.63, 3.8) is 0 Å². The summed E-state index contributed by atoms with van der Waals surface area (Å²) in [6, 6.07) is 1.78. The summed E-state index contributed by atoms with van der Waals surface area (Å²) in [5.41, 5.74) is 0.896. The van der Waals surface area contributed by atoms with Gasteiger partial charge in [0.25, 0.3) is 0 Å². The summed E-state index contributed by atoms with van der Waals surface area (Å²) >= 11 is 12.0. The Balaban J connectivity index is 1.73. The molecule has 0 unspecified atom stereocenters. The first-order valence-corrected chi connectivity index (χ1v) is 10.6. The molecule has 0 bridgehead atoms. The van der Waals surface area contributed by atoms with E-state index in [0.717, 1.165) is 18.5 Å². The summed E-state index contributed by atoms with van der Waals surface area (Å²) < 4.78 is 28.4. The van der Waals surface area contributed by atoms with Gasteiger partial charge < -0.3 is 15.2 Å². The topological polar surface area (TPSA) is 87.5 Å². The Morgan fingerprint density at radius 1 is 1.36 bits per heavy atom. The first kappa shape index (κ1) is 20.4. The smallest absolute Gasteiger partial charge is 0.213 e. The van der Waals surface area contributed by atoms with Gasteiger partial charge in [-0.3, -0.25) is 4.99 Å². The van der Waals surface area contributed by atoms with Gasteiger partial charge in [0.2, 0.25) is 10.0 Å². The van der Waals surface area contributed by atoms with Gasteiger partial charge in [-0.25, -0.2) is 13.1 Å². The Morgan fingerprint density at radius 2 is 2.08 bits per heavy atom. The highest BCUT2D eigenvalue weighted by molar-refractivity contribution is 7.89. The lowest BCUT2D eigenvalue weighted by Crippen LogP contribution is -2.41. The van der Waals surface area contributed by atoms with E-state index in [1.807, 2.05) is 7.05 Å². The fraction of sp³-hybridized carbons (Fsp3) is 0.667. The van der Waals surface area contributed by atoms with E-state index in [4.69, 9.17) is 23.2 Å². The zero-order valence-corrected chi connectivity index (χ0v) is 16.8. The van der Waals surface area contributed by atoms with Crippen LogP contribution in [0.2, 0.25) is 10.2 Å². The number of nitrogens with zero attached hydrogens (tertiary/aromatic N) is 2. The van der Waals surface area contributed by atoms with Crippen molar-refractivity contribution in [3.8, 4) is 0 Å². The molecule has 7 nitrogen and oxygen atoms in total. The lowest BCUT2D eigenvalue weighted by atomic mass is 9.86. The predicted molar refractivity (Wildman–Crippen MR) is 103 cm³/mol. The highest BCUT2D eigenvalue weighted by Gasteiger charge is 2.20. The quantitative estimate of drug-likeness (QED) is 0.450. The number of halogens is 2. The van der Waals surface area contributed by atoms with Crippen LogP contribution in [0.4, 0.5) is 0 Å². The van der Waals surface area contributed by atoms with E-state index in [1.165, 1.54) is 6.42 Å². The number of guanidine groups is 1. The van der Waals surface area contributed by atoms with Gasteiger partial charge in [-0.2, -0.15) is 0 Å². The normalized spacial score (nSPS) is 15.9. The molecule has 0 aromatic carbocycles. The predicted octanol–water partition coefficient (Wildman–Crippen LogP) is 1.72. The molecule has 1 aromatic heterocycles. The second kappa shape index (κ2) is 9.12. The third-order valence-corrected chi connectivity index (χ3v) is 6.55. The van der Waals surface area contributed by atoms with E-state index < -0.39 is 10.0 Å². The maximum atomic E-state index is 12.0. The van der Waals surface area contributed by atoms with Crippen LogP contribution >= 0.6 is 23.2 Å². The van der Waals surface area contributed by atoms with Crippen molar-refractivity contribution in [2.24, 2.45) is 18.0 Å². The maximum absolute atomic E-state index is 12.0. The Labute approximate surface area is 159 Å². The number of aliphatic imine (C=N–C) groups is 1. The number of rotatable bonds is 8. The molecule has 2 rings (SSSR count). The average Bonchev–Trinajstić information content (AvgIpc) is 2.76. The average molecular weight is 410 g/mol. The number of aromatic nitrogens is 1. The largest absolute Gasteiger partial charge is 0.355 e. The van der Waals surface area contributed by atoms with E-state index >= 15 is 0 Å². The SMILES string of the molecule is CN=C(NCCS(=O)(=O)NCC1CCC1)NCc1cc(Cl)c(Cl)n1C. The number of hydrogen-bond acceptors (Lipinski definition) is 3. The van der Waals surface area contributed by atoms with E-state index in [9.17, 15) is 8.42 Å². The standard InChI is InChI=1S/C15H25Cl2N5O2S/c1-18-15(20-10-12-8-13(16)14(17)22(12)2)19-6-7-25(23,24)21-9-11-4-3-5-11/h8,11,21H,3-7,9-10H2,1-2H3,(H2,18,19,20). The van der Waals surface area contributed by atoms with Crippen molar-refractivity contribution in [2.45, 2.75) is 25.8 Å². The van der Waals surface area contributed by atoms with Gasteiger partial charge in [-0.1, -0.05) is 29.6 Å². The van der Waals surface area contributed by atoms with Gasteiger partial charge >= 0.3 is 0 Å². The van der Waals surface area contributed by atoms with Crippen LogP contribution in [0.25, 0.3) is 0 Å². The van der Waals surface area contributed by atoms with Crippen molar-refractivity contribution in [1.82, 2.24) is 19.9 Å². The van der Waals surface area contributed by atoms with E-state index in [1.54, 1.807) is 17.7 Å². The molecule has 1 aliphatic rings. The van der Waals surface area contributed by atoms with Crippen LogP contribution in [0.15, 0.2) is 11.1 Å². The van der Waals surface area contributed by atoms with Gasteiger partial charge in [0, 0.05) is 32.9 Å². The lowest BCUT2D eigenvalue weighted by molar-refractivity contribution is 0.316. The Hall–Kier alpha value is -0.960. The highest BCUT2D eigenvalue weighted by Crippen LogP contribution is 2.25. The van der Waals surface area contributed by atoms with Crippen LogP contribution in [0.3, 0.4) is 0 Å². The molecule has 0 spiro atoms. The fourth-order valence-corrected chi connectivity index (χ4v) is 3.89. The third-order valence-electron chi connectivity index (χ3n) is 4.36. The molecular weight excluding hydrogens is 385 g/mol. The molecule has 25 heavy (non-hydrogen) atoms. The van der Waals surface area contributed by atoms with Crippen LogP contribution in [0.5, 0.6) is 0 Å². The van der Waals surface area contributed by atoms with E-state index in [2.05, 4.69) is 20.3 Å². The summed E-state index contributed by atoms with van der Waals surface area (Å²) in [7, 11) is 0.183. The zero-order chi connectivity index (χ0) is 18.4. The number of hydrogen-bond donors (Lipinski definition) is 3. The van der Waals surface area contributed by atoms with Crippen molar-refractivity contribution in [2.75, 3.05) is 25.9 Å². The molecule has 1 saturated carbocycles. The molecule has 0 radical (unpaired) electrons. The van der Waals surface area contributed by atoms with Crippen molar-refractivity contribution in [3.05, 3.63) is 21.9 Å². The number of nitrogens with one attached hydrogen (secondary N) is 3. The molecule has 1 heterocycles. The van der Waals surface area contributed by atoms with Gasteiger partial charge in [0.05, 0.1) is 17.3 Å². The Kier molecular flexibility index (Phi) is 7.42. The van der Waals surface area contributed by atoms with Gasteiger partial charge in [-0.05, 0) is 24.8 Å². The minimum Gasteiger partial charge on any atom is -0.355 e. The van der Waals surface area contributed by atoms with Crippen LogP contribution in [0.1, 0.15) is 25.0 Å². The Morgan fingerprint density at radius 3 is 2.60 bits per heavy atom. The van der Waals surface area contributed by atoms with E-state index in [0.29, 0.717) is 35.1 Å². The van der Waals surface area contributed by atoms with Crippen LogP contribution in [-0.4, -0.2) is 44.8 Å². The van der Waals surface area contributed by atoms with Crippen molar-refractivity contribution < 1.29 is 8.42 Å². The molecule has 0 saturated heterocycles. The lowest BCUT2D eigenvalue weighted by Gasteiger charge is -2.25. The van der Waals surface area contributed by atoms with Crippen molar-refractivity contribution >= 4 is 39.2 Å². The molecular formula is C15H25Cl2N5O2S. The third kappa shape index (κ3) is 6.06. The van der Waals surface area contributed by atoms with E-state index in [-0.39, 0.29) is 12.3 Å². The minimum atomic E-state index is -3.27. The monoisotopic (exact) mass is 409 g/mol. The van der Waals surface area contributed by atoms with Crippen LogP contribution in [0, 0.1) is 5.92 Å². The molecule has 3 N–H and O–H groups in total. The summed E-state index contributed by atoms with van der Waals surface area (Å²) in [6.45, 7) is 1.29. The Bertz CT molecular complexity index is 714. The molecule has 1 aliphatic carbocycles. The maximum Gasteiger partial charge on any atom is 0.213 e. The molecule has 0 amide bonds.